The topological polar surface area (TPSA) is 49.7 Å². The Morgan fingerprint density at radius 2 is 1.38 bits per heavy atom. The molecule has 3 nitrogen and oxygen atoms in total. The summed E-state index contributed by atoms with van der Waals surface area (Å²) in [7, 11) is 0. The van der Waals surface area contributed by atoms with Gasteiger partial charge in [0.1, 0.15) is 0 Å². The van der Waals surface area contributed by atoms with Crippen LogP contribution in [0.2, 0.25) is 0 Å². The highest BCUT2D eigenvalue weighted by atomic mass is 16.7. The zero-order valence-corrected chi connectivity index (χ0v) is 8.29. The molecule has 0 amide bonds. The Kier molecular flexibility index (Phi) is 4.33. The van der Waals surface area contributed by atoms with E-state index in [2.05, 4.69) is 13.2 Å². The molecule has 0 aromatic heterocycles. The first-order chi connectivity index (χ1) is 5.95. The van der Waals surface area contributed by atoms with Crippen molar-refractivity contribution in [1.82, 2.24) is 0 Å². The summed E-state index contributed by atoms with van der Waals surface area (Å²) < 4.78 is 5.10. The molecule has 0 aromatic carbocycles. The fourth-order valence-corrected chi connectivity index (χ4v) is 0.822. The fourth-order valence-electron chi connectivity index (χ4n) is 0.822. The van der Waals surface area contributed by atoms with Crippen molar-refractivity contribution < 1.29 is 14.9 Å². The molecule has 13 heavy (non-hydrogen) atoms. The van der Waals surface area contributed by atoms with Crippen LogP contribution < -0.4 is 0 Å². The van der Waals surface area contributed by atoms with Crippen molar-refractivity contribution in [3.8, 4) is 0 Å². The summed E-state index contributed by atoms with van der Waals surface area (Å²) in [5, 5.41) is 19.4. The van der Waals surface area contributed by atoms with E-state index in [4.69, 9.17) is 4.74 Å². The van der Waals surface area contributed by atoms with E-state index in [-0.39, 0.29) is 0 Å². The normalized spacial score (nSPS) is 20.0. The van der Waals surface area contributed by atoms with Crippen LogP contribution in [-0.2, 0) is 4.74 Å². The summed E-state index contributed by atoms with van der Waals surface area (Å²) in [6.07, 6.45) is 3.17. The maximum Gasteiger partial charge on any atom is 0.188 e. The molecule has 0 saturated carbocycles. The van der Waals surface area contributed by atoms with Gasteiger partial charge in [-0.2, -0.15) is 0 Å². The average molecular weight is 186 g/mol. The van der Waals surface area contributed by atoms with Crippen LogP contribution >= 0.6 is 0 Å². The Morgan fingerprint density at radius 3 is 1.54 bits per heavy atom. The smallest absolute Gasteiger partial charge is 0.188 e. The van der Waals surface area contributed by atoms with Gasteiger partial charge in [-0.1, -0.05) is 27.0 Å². The molecule has 0 aliphatic rings. The molecule has 0 fully saturated rings. The third kappa shape index (κ3) is 3.30. The second kappa shape index (κ2) is 4.56. The Morgan fingerprint density at radius 1 is 1.08 bits per heavy atom. The lowest BCUT2D eigenvalue weighted by Gasteiger charge is -2.32. The van der Waals surface area contributed by atoms with Crippen molar-refractivity contribution >= 4 is 0 Å². The first kappa shape index (κ1) is 12.4. The molecular formula is C10H18O3. The van der Waals surface area contributed by atoms with Crippen LogP contribution in [0, 0.1) is 0 Å². The van der Waals surface area contributed by atoms with E-state index in [1.54, 1.807) is 13.8 Å². The molecule has 0 saturated heterocycles. The molecule has 0 rings (SSSR count). The Bertz CT molecular complexity index is 171. The first-order valence-electron chi connectivity index (χ1n) is 4.37. The minimum absolute atomic E-state index is 0.326. The molecule has 0 aromatic rings. The minimum atomic E-state index is -1.49. The molecule has 76 valence electrons. The predicted octanol–water partition coefficient (Wildman–Crippen LogP) is 1.57. The Balaban J connectivity index is 4.54. The van der Waals surface area contributed by atoms with Crippen molar-refractivity contribution in [3.05, 3.63) is 25.3 Å². The number of aliphatic hydroxyl groups is 2. The van der Waals surface area contributed by atoms with Crippen LogP contribution in [0.25, 0.3) is 0 Å². The maximum absolute atomic E-state index is 9.68. The van der Waals surface area contributed by atoms with Crippen molar-refractivity contribution in [2.75, 3.05) is 0 Å². The second-order valence-electron chi connectivity index (χ2n) is 2.91. The summed E-state index contributed by atoms with van der Waals surface area (Å²) in [5.41, 5.74) is 0. The van der Waals surface area contributed by atoms with Gasteiger partial charge in [0.2, 0.25) is 0 Å². The van der Waals surface area contributed by atoms with E-state index in [0.717, 1.165) is 0 Å². The third-order valence-corrected chi connectivity index (χ3v) is 2.00. The van der Waals surface area contributed by atoms with Gasteiger partial charge in [0.15, 0.2) is 11.6 Å². The van der Waals surface area contributed by atoms with Crippen molar-refractivity contribution in [2.24, 2.45) is 0 Å². The Hall–Kier alpha value is -0.640. The molecule has 2 N–H and O–H groups in total. The lowest BCUT2D eigenvalue weighted by molar-refractivity contribution is -0.293. The molecule has 0 aliphatic heterocycles. The monoisotopic (exact) mass is 186 g/mol. The molecule has 0 heterocycles. The van der Waals surface area contributed by atoms with Crippen molar-refractivity contribution in [2.45, 2.75) is 38.3 Å². The first-order valence-corrected chi connectivity index (χ1v) is 4.37. The van der Waals surface area contributed by atoms with Crippen LogP contribution in [0.3, 0.4) is 0 Å². The molecule has 0 aliphatic carbocycles. The molecule has 3 heteroatoms. The quantitative estimate of drug-likeness (QED) is 0.489. The largest absolute Gasteiger partial charge is 0.362 e. The molecule has 0 spiro atoms. The van der Waals surface area contributed by atoms with Crippen LogP contribution in [0.1, 0.15) is 26.7 Å². The lowest BCUT2D eigenvalue weighted by Crippen LogP contribution is -2.41. The summed E-state index contributed by atoms with van der Waals surface area (Å²) in [6, 6.07) is 0. The van der Waals surface area contributed by atoms with Crippen LogP contribution in [0.4, 0.5) is 0 Å². The number of rotatable bonds is 6. The SMILES string of the molecule is C=CC(O)(CC)OC(O)(C=C)CC. The Labute approximate surface area is 79.3 Å². The van der Waals surface area contributed by atoms with Crippen molar-refractivity contribution in [1.29, 1.82) is 0 Å². The van der Waals surface area contributed by atoms with E-state index in [1.165, 1.54) is 12.2 Å². The molecule has 2 atom stereocenters. The number of hydrogen-bond acceptors (Lipinski definition) is 3. The average Bonchev–Trinajstić information content (AvgIpc) is 2.17. The molecule has 0 radical (unpaired) electrons. The maximum atomic E-state index is 9.68. The summed E-state index contributed by atoms with van der Waals surface area (Å²) in [5.74, 6) is -2.97. The standard InChI is InChI=1S/C10H18O3/c1-5-9(11,6-2)13-10(12,7-3)8-4/h5,7,11-12H,1,3,6,8H2,2,4H3. The van der Waals surface area contributed by atoms with Gasteiger partial charge >= 0.3 is 0 Å². The van der Waals surface area contributed by atoms with Gasteiger partial charge < -0.3 is 14.9 Å². The van der Waals surface area contributed by atoms with E-state index < -0.39 is 11.6 Å². The van der Waals surface area contributed by atoms with Gasteiger partial charge in [0.05, 0.1) is 0 Å². The third-order valence-electron chi connectivity index (χ3n) is 2.00. The predicted molar refractivity (Wildman–Crippen MR) is 52.0 cm³/mol. The van der Waals surface area contributed by atoms with Gasteiger partial charge in [-0.05, 0) is 12.2 Å². The van der Waals surface area contributed by atoms with Gasteiger partial charge in [-0.3, -0.25) is 0 Å². The van der Waals surface area contributed by atoms with Gasteiger partial charge in [0.25, 0.3) is 0 Å². The van der Waals surface area contributed by atoms with E-state index in [0.29, 0.717) is 12.8 Å². The summed E-state index contributed by atoms with van der Waals surface area (Å²) >= 11 is 0. The second-order valence-corrected chi connectivity index (χ2v) is 2.91. The molecule has 2 unspecified atom stereocenters. The number of hydrogen-bond donors (Lipinski definition) is 2. The highest BCUT2D eigenvalue weighted by molar-refractivity contribution is 4.94. The highest BCUT2D eigenvalue weighted by Crippen LogP contribution is 2.24. The van der Waals surface area contributed by atoms with Gasteiger partial charge in [-0.25, -0.2) is 0 Å². The van der Waals surface area contributed by atoms with Crippen LogP contribution in [-0.4, -0.2) is 21.8 Å². The van der Waals surface area contributed by atoms with Crippen LogP contribution in [0.15, 0.2) is 25.3 Å². The van der Waals surface area contributed by atoms with Crippen molar-refractivity contribution in [3.63, 3.8) is 0 Å². The number of ether oxygens (including phenoxy) is 1. The lowest BCUT2D eigenvalue weighted by atomic mass is 10.1. The van der Waals surface area contributed by atoms with E-state index in [9.17, 15) is 10.2 Å². The fraction of sp³-hybridized carbons (Fsp3) is 0.600. The summed E-state index contributed by atoms with van der Waals surface area (Å²) in [6.45, 7) is 10.3. The van der Waals surface area contributed by atoms with E-state index >= 15 is 0 Å². The molecular weight excluding hydrogens is 168 g/mol. The summed E-state index contributed by atoms with van der Waals surface area (Å²) in [4.78, 5) is 0. The highest BCUT2D eigenvalue weighted by Gasteiger charge is 2.32. The zero-order valence-electron chi connectivity index (χ0n) is 8.29. The zero-order chi connectivity index (χ0) is 10.5. The molecule has 0 bridgehead atoms. The minimum Gasteiger partial charge on any atom is -0.362 e. The van der Waals surface area contributed by atoms with Gasteiger partial charge in [-0.15, -0.1) is 0 Å². The van der Waals surface area contributed by atoms with E-state index in [1.807, 2.05) is 0 Å². The van der Waals surface area contributed by atoms with Crippen LogP contribution in [0.5, 0.6) is 0 Å². The van der Waals surface area contributed by atoms with Gasteiger partial charge in [0, 0.05) is 12.8 Å².